The molecule has 0 aliphatic heterocycles. The van der Waals surface area contributed by atoms with Gasteiger partial charge in [-0.1, -0.05) is 42.1 Å². The predicted molar refractivity (Wildman–Crippen MR) is 89.2 cm³/mol. The Morgan fingerprint density at radius 2 is 2.13 bits per heavy atom. The maximum atomic E-state index is 12.1. The number of ether oxygens (including phenoxy) is 1. The largest absolute Gasteiger partial charge is 0.378 e. The number of amides is 1. The van der Waals surface area contributed by atoms with Crippen LogP contribution in [0.3, 0.4) is 0 Å². The minimum atomic E-state index is -0.375. The number of nitrogens with one attached hydrogen (secondary N) is 2. The zero-order valence-electron chi connectivity index (χ0n) is 13.0. The number of hydrogen-bond donors (Lipinski definition) is 2. The molecule has 0 spiro atoms. The predicted octanol–water partition coefficient (Wildman–Crippen LogP) is 1.71. The number of carbonyl (C=O) groups excluding carboxylic acids is 1. The van der Waals surface area contributed by atoms with Gasteiger partial charge in [-0.05, 0) is 12.5 Å². The molecule has 6 nitrogen and oxygen atoms in total. The van der Waals surface area contributed by atoms with Crippen molar-refractivity contribution in [3.8, 4) is 0 Å². The number of aromatic nitrogens is 2. The van der Waals surface area contributed by atoms with Crippen molar-refractivity contribution in [2.24, 2.45) is 0 Å². The monoisotopic (exact) mass is 333 g/mol. The van der Waals surface area contributed by atoms with Gasteiger partial charge in [0.25, 0.3) is 5.56 Å². The molecule has 1 heterocycles. The average Bonchev–Trinajstić information content (AvgIpc) is 2.53. The lowest BCUT2D eigenvalue weighted by Crippen LogP contribution is -2.30. The fourth-order valence-corrected chi connectivity index (χ4v) is 2.77. The second kappa shape index (κ2) is 8.50. The molecule has 1 amide bonds. The molecule has 122 valence electrons. The molecule has 0 fully saturated rings. The van der Waals surface area contributed by atoms with E-state index < -0.39 is 0 Å². The molecule has 23 heavy (non-hydrogen) atoms. The van der Waals surface area contributed by atoms with Crippen LogP contribution < -0.4 is 10.9 Å². The number of carbonyl (C=O) groups is 1. The van der Waals surface area contributed by atoms with E-state index in [1.807, 2.05) is 30.3 Å². The highest BCUT2D eigenvalue weighted by molar-refractivity contribution is 8.00. The van der Waals surface area contributed by atoms with Crippen molar-refractivity contribution in [3.05, 3.63) is 58.0 Å². The van der Waals surface area contributed by atoms with E-state index in [9.17, 15) is 9.59 Å². The fraction of sp³-hybridized carbons (Fsp3) is 0.312. The van der Waals surface area contributed by atoms with Crippen LogP contribution in [0.4, 0.5) is 0 Å². The Labute approximate surface area is 138 Å². The molecule has 0 saturated carbocycles. The summed E-state index contributed by atoms with van der Waals surface area (Å²) in [7, 11) is 1.54. The Morgan fingerprint density at radius 1 is 1.39 bits per heavy atom. The van der Waals surface area contributed by atoms with Crippen LogP contribution in [0, 0.1) is 0 Å². The summed E-state index contributed by atoms with van der Waals surface area (Å²) in [6.45, 7) is 2.50. The van der Waals surface area contributed by atoms with E-state index in [1.54, 1.807) is 6.92 Å². The second-order valence-corrected chi connectivity index (χ2v) is 6.27. The molecule has 2 N–H and O–H groups in total. The number of hydrogen-bond acceptors (Lipinski definition) is 5. The highest BCUT2D eigenvalue weighted by atomic mass is 32.2. The molecule has 1 atom stereocenters. The third-order valence-electron chi connectivity index (χ3n) is 3.03. The summed E-state index contributed by atoms with van der Waals surface area (Å²) in [5.74, 6) is -0.112. The Morgan fingerprint density at radius 3 is 2.83 bits per heavy atom. The lowest BCUT2D eigenvalue weighted by molar-refractivity contribution is -0.120. The van der Waals surface area contributed by atoms with Gasteiger partial charge >= 0.3 is 0 Å². The Balaban J connectivity index is 1.94. The number of methoxy groups -OCH3 is 1. The third kappa shape index (κ3) is 5.54. The number of benzene rings is 1. The molecule has 0 aliphatic rings. The van der Waals surface area contributed by atoms with Gasteiger partial charge in [0.05, 0.1) is 17.6 Å². The van der Waals surface area contributed by atoms with E-state index in [4.69, 9.17) is 4.74 Å². The number of rotatable bonds is 7. The first-order valence-electron chi connectivity index (χ1n) is 7.16. The lowest BCUT2D eigenvalue weighted by Gasteiger charge is -2.12. The van der Waals surface area contributed by atoms with Crippen LogP contribution in [0.2, 0.25) is 0 Å². The molecule has 7 heteroatoms. The SMILES string of the molecule is COCc1cc(=O)[nH]c(SC(C)C(=O)NCc2ccccc2)n1. The Hall–Kier alpha value is -2.12. The van der Waals surface area contributed by atoms with Gasteiger partial charge in [-0.2, -0.15) is 0 Å². The summed E-state index contributed by atoms with van der Waals surface area (Å²) >= 11 is 1.21. The van der Waals surface area contributed by atoms with E-state index >= 15 is 0 Å². The first-order valence-corrected chi connectivity index (χ1v) is 8.04. The quantitative estimate of drug-likeness (QED) is 0.595. The lowest BCUT2D eigenvalue weighted by atomic mass is 10.2. The number of aromatic amines is 1. The highest BCUT2D eigenvalue weighted by Gasteiger charge is 2.16. The Bertz CT molecular complexity index is 703. The molecule has 1 aromatic carbocycles. The summed E-state index contributed by atoms with van der Waals surface area (Å²) in [5, 5.41) is 2.90. The van der Waals surface area contributed by atoms with Gasteiger partial charge in [-0.3, -0.25) is 9.59 Å². The van der Waals surface area contributed by atoms with E-state index in [0.29, 0.717) is 17.4 Å². The topological polar surface area (TPSA) is 84.1 Å². The highest BCUT2D eigenvalue weighted by Crippen LogP contribution is 2.18. The van der Waals surface area contributed by atoms with Crippen LogP contribution in [-0.4, -0.2) is 28.2 Å². The summed E-state index contributed by atoms with van der Waals surface area (Å²) in [5.41, 5.74) is 1.31. The maximum Gasteiger partial charge on any atom is 0.251 e. The average molecular weight is 333 g/mol. The van der Waals surface area contributed by atoms with Crippen molar-refractivity contribution in [1.29, 1.82) is 0 Å². The van der Waals surface area contributed by atoms with E-state index in [1.165, 1.54) is 24.9 Å². The van der Waals surface area contributed by atoms with Crippen molar-refractivity contribution in [2.45, 2.75) is 30.5 Å². The van der Waals surface area contributed by atoms with Gasteiger partial charge in [0.1, 0.15) is 0 Å². The van der Waals surface area contributed by atoms with Crippen LogP contribution in [0.15, 0.2) is 46.3 Å². The standard InChI is InChI=1S/C16H19N3O3S/c1-11(15(21)17-9-12-6-4-3-5-7-12)23-16-18-13(10-22-2)8-14(20)19-16/h3-8,11H,9-10H2,1-2H3,(H,17,21)(H,18,19,20). The smallest absolute Gasteiger partial charge is 0.251 e. The molecule has 1 aromatic heterocycles. The summed E-state index contributed by atoms with van der Waals surface area (Å²) in [4.78, 5) is 30.6. The molecule has 0 aliphatic carbocycles. The first-order chi connectivity index (χ1) is 11.1. The molecule has 2 rings (SSSR count). The summed E-state index contributed by atoms with van der Waals surface area (Å²) < 4.78 is 4.97. The first kappa shape index (κ1) is 17.2. The fourth-order valence-electron chi connectivity index (χ4n) is 1.91. The zero-order valence-corrected chi connectivity index (χ0v) is 13.9. The molecule has 0 radical (unpaired) electrons. The molecular formula is C16H19N3O3S. The van der Waals surface area contributed by atoms with Crippen LogP contribution in [-0.2, 0) is 22.7 Å². The second-order valence-electron chi connectivity index (χ2n) is 4.94. The number of H-pyrrole nitrogens is 1. The summed E-state index contributed by atoms with van der Waals surface area (Å²) in [6, 6.07) is 11.1. The van der Waals surface area contributed by atoms with Gasteiger partial charge in [0.2, 0.25) is 5.91 Å². The van der Waals surface area contributed by atoms with Gasteiger partial charge in [0, 0.05) is 19.7 Å². The third-order valence-corrected chi connectivity index (χ3v) is 4.02. The maximum absolute atomic E-state index is 12.1. The van der Waals surface area contributed by atoms with Gasteiger partial charge in [-0.15, -0.1) is 0 Å². The van der Waals surface area contributed by atoms with E-state index in [0.717, 1.165) is 5.56 Å². The van der Waals surface area contributed by atoms with Crippen LogP contribution in [0.25, 0.3) is 0 Å². The minimum Gasteiger partial charge on any atom is -0.378 e. The zero-order chi connectivity index (χ0) is 16.7. The molecule has 2 aromatic rings. The minimum absolute atomic E-state index is 0.112. The molecule has 1 unspecified atom stereocenters. The molecule has 0 saturated heterocycles. The van der Waals surface area contributed by atoms with Gasteiger partial charge in [-0.25, -0.2) is 4.98 Å². The Kier molecular flexibility index (Phi) is 6.37. The number of nitrogens with zero attached hydrogens (tertiary/aromatic N) is 1. The number of thioether (sulfide) groups is 1. The van der Waals surface area contributed by atoms with E-state index in [-0.39, 0.29) is 23.3 Å². The summed E-state index contributed by atoms with van der Waals surface area (Å²) in [6.07, 6.45) is 0. The van der Waals surface area contributed by atoms with Crippen molar-refractivity contribution in [3.63, 3.8) is 0 Å². The van der Waals surface area contributed by atoms with Crippen molar-refractivity contribution >= 4 is 17.7 Å². The van der Waals surface area contributed by atoms with Gasteiger partial charge in [0.15, 0.2) is 5.16 Å². The van der Waals surface area contributed by atoms with Crippen molar-refractivity contribution < 1.29 is 9.53 Å². The van der Waals surface area contributed by atoms with Crippen LogP contribution in [0.5, 0.6) is 0 Å². The molecular weight excluding hydrogens is 314 g/mol. The van der Waals surface area contributed by atoms with Crippen molar-refractivity contribution in [1.82, 2.24) is 15.3 Å². The molecule has 0 bridgehead atoms. The van der Waals surface area contributed by atoms with E-state index in [2.05, 4.69) is 15.3 Å². The van der Waals surface area contributed by atoms with Crippen LogP contribution >= 0.6 is 11.8 Å². The van der Waals surface area contributed by atoms with Gasteiger partial charge < -0.3 is 15.0 Å². The van der Waals surface area contributed by atoms with Crippen molar-refractivity contribution in [2.75, 3.05) is 7.11 Å². The van der Waals surface area contributed by atoms with Crippen LogP contribution in [0.1, 0.15) is 18.2 Å². The normalized spacial score (nSPS) is 11.9.